The van der Waals surface area contributed by atoms with Crippen LogP contribution in [0, 0.1) is 0 Å². The van der Waals surface area contributed by atoms with Gasteiger partial charge in [0.25, 0.3) is 0 Å². The Balaban J connectivity index is 2.18. The average Bonchev–Trinajstić information content (AvgIpc) is 2.65. The van der Waals surface area contributed by atoms with Crippen molar-refractivity contribution >= 4 is 22.9 Å². The van der Waals surface area contributed by atoms with Crippen molar-refractivity contribution in [3.8, 4) is 0 Å². The Labute approximate surface area is 153 Å². The van der Waals surface area contributed by atoms with Crippen LogP contribution in [-0.2, 0) is 0 Å². The third-order valence-corrected chi connectivity index (χ3v) is 4.85. The number of benzene rings is 2. The summed E-state index contributed by atoms with van der Waals surface area (Å²) in [5.74, 6) is -0.255. The second kappa shape index (κ2) is 7.30. The lowest BCUT2D eigenvalue weighted by Crippen LogP contribution is -2.30. The van der Waals surface area contributed by atoms with Crippen LogP contribution >= 0.6 is 0 Å². The zero-order chi connectivity index (χ0) is 18.8. The van der Waals surface area contributed by atoms with E-state index in [2.05, 4.69) is 6.92 Å². The van der Waals surface area contributed by atoms with Crippen molar-refractivity contribution in [2.24, 2.45) is 0 Å². The Morgan fingerprint density at radius 2 is 1.27 bits per heavy atom. The predicted molar refractivity (Wildman–Crippen MR) is 104 cm³/mol. The fourth-order valence-electron chi connectivity index (χ4n) is 3.57. The molecule has 26 heavy (non-hydrogen) atoms. The summed E-state index contributed by atoms with van der Waals surface area (Å²) < 4.78 is 0. The third kappa shape index (κ3) is 2.88. The molecule has 136 valence electrons. The Bertz CT molecular complexity index is 789. The molecule has 1 aliphatic carbocycles. The fraction of sp³-hybridized carbons (Fsp3) is 0.333. The number of aliphatic hydroxyl groups excluding tert-OH is 1. The van der Waals surface area contributed by atoms with Crippen LogP contribution in [0.15, 0.2) is 36.4 Å². The molecule has 0 heterocycles. The van der Waals surface area contributed by atoms with E-state index < -0.39 is 0 Å². The van der Waals surface area contributed by atoms with Gasteiger partial charge in [-0.3, -0.25) is 9.59 Å². The monoisotopic (exact) mass is 352 g/mol. The summed E-state index contributed by atoms with van der Waals surface area (Å²) in [6, 6.07) is 10.8. The highest BCUT2D eigenvalue weighted by molar-refractivity contribution is 6.31. The molecule has 0 atom stereocenters. The minimum Gasteiger partial charge on any atom is -0.395 e. The van der Waals surface area contributed by atoms with Crippen LogP contribution in [0.25, 0.3) is 0 Å². The summed E-state index contributed by atoms with van der Waals surface area (Å²) >= 11 is 0. The van der Waals surface area contributed by atoms with E-state index in [4.69, 9.17) is 0 Å². The molecule has 0 amide bonds. The highest BCUT2D eigenvalue weighted by Gasteiger charge is 2.34. The Hall–Kier alpha value is -2.66. The maximum Gasteiger partial charge on any atom is 0.196 e. The molecule has 2 aromatic rings. The Morgan fingerprint density at radius 1 is 0.808 bits per heavy atom. The number of aliphatic hydroxyl groups is 1. The first-order chi connectivity index (χ1) is 12.5. The van der Waals surface area contributed by atoms with Crippen LogP contribution < -0.4 is 9.80 Å². The molecule has 3 rings (SSSR count). The molecule has 5 heteroatoms. The number of carbonyl (C=O) groups excluding carboxylic acids is 2. The highest BCUT2D eigenvalue weighted by Crippen LogP contribution is 2.37. The van der Waals surface area contributed by atoms with Crippen molar-refractivity contribution in [1.29, 1.82) is 0 Å². The van der Waals surface area contributed by atoms with Crippen molar-refractivity contribution in [1.82, 2.24) is 0 Å². The molecule has 2 aromatic carbocycles. The second-order valence-electron chi connectivity index (χ2n) is 6.62. The lowest BCUT2D eigenvalue weighted by Gasteiger charge is -2.28. The van der Waals surface area contributed by atoms with Crippen molar-refractivity contribution in [2.45, 2.75) is 13.3 Å². The van der Waals surface area contributed by atoms with Crippen LogP contribution in [0.4, 0.5) is 11.4 Å². The van der Waals surface area contributed by atoms with Gasteiger partial charge in [0.15, 0.2) is 11.6 Å². The van der Waals surface area contributed by atoms with Crippen LogP contribution in [0.2, 0.25) is 0 Å². The summed E-state index contributed by atoms with van der Waals surface area (Å²) in [6.07, 6.45) is 0.953. The average molecular weight is 352 g/mol. The molecule has 1 N–H and O–H groups in total. The Morgan fingerprint density at radius 3 is 1.69 bits per heavy atom. The van der Waals surface area contributed by atoms with Gasteiger partial charge in [0, 0.05) is 49.7 Å². The van der Waals surface area contributed by atoms with Gasteiger partial charge in [0.1, 0.15) is 0 Å². The first-order valence-corrected chi connectivity index (χ1v) is 8.89. The molecular weight excluding hydrogens is 328 g/mol. The zero-order valence-corrected chi connectivity index (χ0v) is 15.5. The van der Waals surface area contributed by atoms with Gasteiger partial charge in [0.05, 0.1) is 17.7 Å². The van der Waals surface area contributed by atoms with Crippen LogP contribution in [-0.4, -0.2) is 50.5 Å². The predicted octanol–water partition coefficient (Wildman–Crippen LogP) is 2.74. The molecule has 1 aliphatic rings. The minimum atomic E-state index is -0.137. The smallest absolute Gasteiger partial charge is 0.196 e. The molecule has 0 aromatic heterocycles. The van der Waals surface area contributed by atoms with E-state index >= 15 is 0 Å². The molecule has 0 unspecified atom stereocenters. The van der Waals surface area contributed by atoms with Gasteiger partial charge < -0.3 is 14.9 Å². The van der Waals surface area contributed by atoms with Gasteiger partial charge in [0.2, 0.25) is 0 Å². The van der Waals surface area contributed by atoms with Crippen molar-refractivity contribution in [3.63, 3.8) is 0 Å². The molecule has 0 radical (unpaired) electrons. The van der Waals surface area contributed by atoms with E-state index in [1.807, 2.05) is 42.1 Å². The van der Waals surface area contributed by atoms with Crippen LogP contribution in [0.5, 0.6) is 0 Å². The number of ketones is 2. The first-order valence-electron chi connectivity index (χ1n) is 8.89. The van der Waals surface area contributed by atoms with Crippen LogP contribution in [0.3, 0.4) is 0 Å². The van der Waals surface area contributed by atoms with E-state index in [-0.39, 0.29) is 18.2 Å². The zero-order valence-electron chi connectivity index (χ0n) is 15.5. The molecular formula is C21H24N2O3. The standard InChI is InChI=1S/C21H24N2O3/c1-4-11-22(2)16-9-5-7-14-18(16)20(25)15-8-6-10-17(19(15)21(14)26)23(3)12-13-24/h5-10,24H,4,11-13H2,1-3H3. The number of likely N-dealkylation sites (N-methyl/N-ethyl adjacent to an activating group) is 1. The van der Waals surface area contributed by atoms with Crippen molar-refractivity contribution in [2.75, 3.05) is 43.6 Å². The van der Waals surface area contributed by atoms with Crippen LogP contribution in [0.1, 0.15) is 45.2 Å². The maximum absolute atomic E-state index is 13.3. The molecule has 0 saturated carbocycles. The summed E-state index contributed by atoms with van der Waals surface area (Å²) in [5, 5.41) is 9.23. The number of hydrogen-bond donors (Lipinski definition) is 1. The topological polar surface area (TPSA) is 60.9 Å². The SMILES string of the molecule is CCCN(C)c1cccc2c1C(=O)c1cccc(N(C)CCO)c1C2=O. The molecule has 0 bridgehead atoms. The highest BCUT2D eigenvalue weighted by atomic mass is 16.3. The van der Waals surface area contributed by atoms with Crippen molar-refractivity contribution < 1.29 is 14.7 Å². The minimum absolute atomic E-state index is 0.0230. The number of rotatable bonds is 6. The van der Waals surface area contributed by atoms with Gasteiger partial charge in [-0.15, -0.1) is 0 Å². The van der Waals surface area contributed by atoms with E-state index in [1.165, 1.54) is 0 Å². The summed E-state index contributed by atoms with van der Waals surface area (Å²) in [4.78, 5) is 30.4. The molecule has 0 saturated heterocycles. The molecule has 0 aliphatic heterocycles. The van der Waals surface area contributed by atoms with E-state index in [9.17, 15) is 14.7 Å². The quantitative estimate of drug-likeness (QED) is 0.739. The van der Waals surface area contributed by atoms with Gasteiger partial charge in [-0.2, -0.15) is 0 Å². The number of nitrogens with zero attached hydrogens (tertiary/aromatic N) is 2. The van der Waals surface area contributed by atoms with Gasteiger partial charge in [-0.25, -0.2) is 0 Å². The van der Waals surface area contributed by atoms with Gasteiger partial charge in [-0.1, -0.05) is 31.2 Å². The molecule has 5 nitrogen and oxygen atoms in total. The second-order valence-corrected chi connectivity index (χ2v) is 6.62. The summed E-state index contributed by atoms with van der Waals surface area (Å²) in [6.45, 7) is 3.26. The maximum atomic E-state index is 13.3. The number of anilines is 2. The van der Waals surface area contributed by atoms with Crippen molar-refractivity contribution in [3.05, 3.63) is 58.7 Å². The van der Waals surface area contributed by atoms with E-state index in [0.29, 0.717) is 34.5 Å². The largest absolute Gasteiger partial charge is 0.395 e. The molecule has 0 fully saturated rings. The summed E-state index contributed by atoms with van der Waals surface area (Å²) in [5.41, 5.74) is 3.27. The first kappa shape index (κ1) is 18.1. The fourth-order valence-corrected chi connectivity index (χ4v) is 3.57. The molecule has 0 spiro atoms. The van der Waals surface area contributed by atoms with E-state index in [1.54, 1.807) is 18.2 Å². The normalized spacial score (nSPS) is 12.6. The lowest BCUT2D eigenvalue weighted by atomic mass is 9.82. The van der Waals surface area contributed by atoms with E-state index in [0.717, 1.165) is 18.7 Å². The number of fused-ring (bicyclic) bond motifs is 2. The third-order valence-electron chi connectivity index (χ3n) is 4.85. The van der Waals surface area contributed by atoms with Gasteiger partial charge in [-0.05, 0) is 18.6 Å². The number of hydrogen-bond acceptors (Lipinski definition) is 5. The lowest BCUT2D eigenvalue weighted by molar-refractivity contribution is 0.0980. The van der Waals surface area contributed by atoms with Gasteiger partial charge >= 0.3 is 0 Å². The number of carbonyl (C=O) groups is 2. The summed E-state index contributed by atoms with van der Waals surface area (Å²) in [7, 11) is 3.75. The Kier molecular flexibility index (Phi) is 5.09.